The van der Waals surface area contributed by atoms with E-state index < -0.39 is 0 Å². The summed E-state index contributed by atoms with van der Waals surface area (Å²) in [6, 6.07) is 9.69. The van der Waals surface area contributed by atoms with Gasteiger partial charge in [-0.05, 0) is 43.4 Å². The van der Waals surface area contributed by atoms with Gasteiger partial charge in [0.2, 0.25) is 5.91 Å². The Bertz CT molecular complexity index is 533. The third kappa shape index (κ3) is 2.41. The number of fused-ring (bicyclic) bond motifs is 2. The second-order valence-electron chi connectivity index (χ2n) is 5.80. The molecule has 1 aromatic carbocycles. The summed E-state index contributed by atoms with van der Waals surface area (Å²) in [6.45, 7) is 0. The Morgan fingerprint density at radius 2 is 1.85 bits per heavy atom. The van der Waals surface area contributed by atoms with Crippen LogP contribution in [-0.2, 0) is 11.2 Å². The monoisotopic (exact) mass is 270 g/mol. The SMILES string of the molecule is N#Cc1ccc(CC(=O)N2C3CCC2CC(O)C3)cc1. The number of carbonyl (C=O) groups is 1. The van der Waals surface area contributed by atoms with Gasteiger partial charge in [-0.15, -0.1) is 0 Å². The van der Waals surface area contributed by atoms with Crippen LogP contribution in [0.1, 0.15) is 36.8 Å². The zero-order chi connectivity index (χ0) is 14.1. The molecule has 1 amide bonds. The largest absolute Gasteiger partial charge is 0.393 e. The van der Waals surface area contributed by atoms with Crippen LogP contribution in [0.3, 0.4) is 0 Å². The fraction of sp³-hybridized carbons (Fsp3) is 0.500. The standard InChI is InChI=1S/C16H18N2O2/c17-10-12-3-1-11(2-4-12)7-16(20)18-13-5-6-14(18)9-15(19)8-13/h1-4,13-15,19H,5-9H2. The summed E-state index contributed by atoms with van der Waals surface area (Å²) in [4.78, 5) is 14.5. The van der Waals surface area contributed by atoms with Crippen LogP contribution < -0.4 is 0 Å². The van der Waals surface area contributed by atoms with Gasteiger partial charge in [0.15, 0.2) is 0 Å². The fourth-order valence-corrected chi connectivity index (χ4v) is 3.52. The van der Waals surface area contributed by atoms with E-state index in [9.17, 15) is 9.90 Å². The van der Waals surface area contributed by atoms with Crippen molar-refractivity contribution in [3.8, 4) is 6.07 Å². The van der Waals surface area contributed by atoms with Crippen LogP contribution in [0.15, 0.2) is 24.3 Å². The molecule has 20 heavy (non-hydrogen) atoms. The molecule has 104 valence electrons. The van der Waals surface area contributed by atoms with Gasteiger partial charge in [-0.2, -0.15) is 5.26 Å². The van der Waals surface area contributed by atoms with E-state index in [1.807, 2.05) is 17.0 Å². The van der Waals surface area contributed by atoms with Crippen LogP contribution in [0.25, 0.3) is 0 Å². The lowest BCUT2D eigenvalue weighted by Crippen LogP contribution is -2.48. The summed E-state index contributed by atoms with van der Waals surface area (Å²) in [5, 5.41) is 18.5. The molecular formula is C16H18N2O2. The number of amides is 1. The number of piperidine rings is 1. The molecule has 2 atom stereocenters. The lowest BCUT2D eigenvalue weighted by atomic mass is 9.98. The maximum Gasteiger partial charge on any atom is 0.227 e. The second kappa shape index (κ2) is 5.26. The van der Waals surface area contributed by atoms with Crippen LogP contribution >= 0.6 is 0 Å². The summed E-state index contributed by atoms with van der Waals surface area (Å²) >= 11 is 0. The molecule has 2 bridgehead atoms. The van der Waals surface area contributed by atoms with Crippen LogP contribution in [0.2, 0.25) is 0 Å². The van der Waals surface area contributed by atoms with Gasteiger partial charge in [0.1, 0.15) is 0 Å². The average Bonchev–Trinajstić information content (AvgIpc) is 2.72. The van der Waals surface area contributed by atoms with Gasteiger partial charge in [0, 0.05) is 12.1 Å². The zero-order valence-corrected chi connectivity index (χ0v) is 11.3. The lowest BCUT2D eigenvalue weighted by molar-refractivity contribution is -0.136. The van der Waals surface area contributed by atoms with E-state index in [1.165, 1.54) is 0 Å². The molecule has 0 radical (unpaired) electrons. The minimum atomic E-state index is -0.244. The summed E-state index contributed by atoms with van der Waals surface area (Å²) in [5.74, 6) is 0.147. The topological polar surface area (TPSA) is 64.3 Å². The quantitative estimate of drug-likeness (QED) is 0.888. The number of benzene rings is 1. The smallest absolute Gasteiger partial charge is 0.227 e. The number of nitrogens with zero attached hydrogens (tertiary/aromatic N) is 2. The molecule has 2 fully saturated rings. The Hall–Kier alpha value is -1.86. The Labute approximate surface area is 118 Å². The molecule has 2 saturated heterocycles. The Morgan fingerprint density at radius 3 is 2.40 bits per heavy atom. The van der Waals surface area contributed by atoms with Crippen molar-refractivity contribution >= 4 is 5.91 Å². The van der Waals surface area contributed by atoms with E-state index in [4.69, 9.17) is 5.26 Å². The summed E-state index contributed by atoms with van der Waals surface area (Å²) < 4.78 is 0. The molecule has 0 aliphatic carbocycles. The van der Waals surface area contributed by atoms with Crippen molar-refractivity contribution in [2.45, 2.75) is 50.3 Å². The molecule has 1 aromatic rings. The molecule has 4 nitrogen and oxygen atoms in total. The van der Waals surface area contributed by atoms with Crippen molar-refractivity contribution in [1.29, 1.82) is 5.26 Å². The summed E-state index contributed by atoms with van der Waals surface area (Å²) in [5.41, 5.74) is 1.56. The first kappa shape index (κ1) is 13.1. The van der Waals surface area contributed by atoms with Crippen LogP contribution in [-0.4, -0.2) is 34.1 Å². The summed E-state index contributed by atoms with van der Waals surface area (Å²) in [7, 11) is 0. The van der Waals surface area contributed by atoms with Gasteiger partial charge in [0.25, 0.3) is 0 Å². The van der Waals surface area contributed by atoms with E-state index in [1.54, 1.807) is 12.1 Å². The third-order valence-electron chi connectivity index (χ3n) is 4.43. The van der Waals surface area contributed by atoms with Crippen molar-refractivity contribution < 1.29 is 9.90 Å². The van der Waals surface area contributed by atoms with Gasteiger partial charge < -0.3 is 10.0 Å². The first-order valence-corrected chi connectivity index (χ1v) is 7.15. The van der Waals surface area contributed by atoms with Crippen LogP contribution in [0.5, 0.6) is 0 Å². The molecule has 1 N–H and O–H groups in total. The number of rotatable bonds is 2. The van der Waals surface area contributed by atoms with Gasteiger partial charge >= 0.3 is 0 Å². The van der Waals surface area contributed by atoms with E-state index in [2.05, 4.69) is 6.07 Å². The molecule has 4 heteroatoms. The first-order chi connectivity index (χ1) is 9.67. The highest BCUT2D eigenvalue weighted by molar-refractivity contribution is 5.80. The van der Waals surface area contributed by atoms with Crippen molar-refractivity contribution in [2.75, 3.05) is 0 Å². The lowest BCUT2D eigenvalue weighted by Gasteiger charge is -2.37. The van der Waals surface area contributed by atoms with E-state index in [0.29, 0.717) is 12.0 Å². The average molecular weight is 270 g/mol. The van der Waals surface area contributed by atoms with E-state index >= 15 is 0 Å². The summed E-state index contributed by atoms with van der Waals surface area (Å²) in [6.07, 6.45) is 3.60. The fourth-order valence-electron chi connectivity index (χ4n) is 3.52. The minimum Gasteiger partial charge on any atom is -0.393 e. The molecule has 2 aliphatic heterocycles. The minimum absolute atomic E-state index is 0.147. The third-order valence-corrected chi connectivity index (χ3v) is 4.43. The van der Waals surface area contributed by atoms with Gasteiger partial charge in [-0.1, -0.05) is 12.1 Å². The van der Waals surface area contributed by atoms with E-state index in [-0.39, 0.29) is 24.1 Å². The van der Waals surface area contributed by atoms with E-state index in [0.717, 1.165) is 31.2 Å². The number of hydrogen-bond acceptors (Lipinski definition) is 3. The maximum absolute atomic E-state index is 12.5. The number of aliphatic hydroxyl groups is 1. The molecule has 2 heterocycles. The predicted molar refractivity (Wildman–Crippen MR) is 73.8 cm³/mol. The molecule has 0 saturated carbocycles. The number of hydrogen-bond donors (Lipinski definition) is 1. The predicted octanol–water partition coefficient (Wildman–Crippen LogP) is 1.62. The molecule has 3 rings (SSSR count). The molecule has 2 unspecified atom stereocenters. The number of carbonyl (C=O) groups excluding carboxylic acids is 1. The van der Waals surface area contributed by atoms with Crippen LogP contribution in [0, 0.1) is 11.3 Å². The highest BCUT2D eigenvalue weighted by Gasteiger charge is 2.42. The first-order valence-electron chi connectivity index (χ1n) is 7.15. The Morgan fingerprint density at radius 1 is 1.25 bits per heavy atom. The Kier molecular flexibility index (Phi) is 3.45. The van der Waals surface area contributed by atoms with Crippen molar-refractivity contribution in [3.05, 3.63) is 35.4 Å². The highest BCUT2D eigenvalue weighted by atomic mass is 16.3. The highest BCUT2D eigenvalue weighted by Crippen LogP contribution is 2.36. The second-order valence-corrected chi connectivity index (χ2v) is 5.80. The number of nitriles is 1. The molecule has 2 aliphatic rings. The van der Waals surface area contributed by atoms with Crippen LogP contribution in [0.4, 0.5) is 0 Å². The van der Waals surface area contributed by atoms with Gasteiger partial charge in [-0.3, -0.25) is 4.79 Å². The Balaban J connectivity index is 1.69. The normalized spacial score (nSPS) is 28.2. The number of aliphatic hydroxyl groups excluding tert-OH is 1. The van der Waals surface area contributed by atoms with Crippen molar-refractivity contribution in [3.63, 3.8) is 0 Å². The van der Waals surface area contributed by atoms with Crippen molar-refractivity contribution in [1.82, 2.24) is 4.90 Å². The maximum atomic E-state index is 12.5. The van der Waals surface area contributed by atoms with Gasteiger partial charge in [-0.25, -0.2) is 0 Å². The molecule has 0 aromatic heterocycles. The van der Waals surface area contributed by atoms with Crippen molar-refractivity contribution in [2.24, 2.45) is 0 Å². The van der Waals surface area contributed by atoms with Gasteiger partial charge in [0.05, 0.1) is 24.2 Å². The zero-order valence-electron chi connectivity index (χ0n) is 11.3. The molecular weight excluding hydrogens is 252 g/mol. The molecule has 0 spiro atoms.